The van der Waals surface area contributed by atoms with Crippen molar-refractivity contribution in [2.45, 2.75) is 25.8 Å². The Bertz CT molecular complexity index is 377. The molecule has 5 nitrogen and oxygen atoms in total. The number of nitrogens with zero attached hydrogens (tertiary/aromatic N) is 1. The van der Waals surface area contributed by atoms with Gasteiger partial charge in [0.05, 0.1) is 18.1 Å². The number of hydrogen-bond acceptors (Lipinski definition) is 4. The van der Waals surface area contributed by atoms with Gasteiger partial charge < -0.3 is 10.5 Å². The number of nitro benzene ring substituents is 1. The molecule has 1 atom stereocenters. The molecule has 1 aromatic rings. The average Bonchev–Trinajstić information content (AvgIpc) is 2.25. The van der Waals surface area contributed by atoms with Crippen LogP contribution in [-0.4, -0.2) is 18.1 Å². The maximum Gasteiger partial charge on any atom is 0.276 e. The van der Waals surface area contributed by atoms with Crippen molar-refractivity contribution < 1.29 is 9.66 Å². The van der Waals surface area contributed by atoms with Gasteiger partial charge >= 0.3 is 0 Å². The third-order valence-electron chi connectivity index (χ3n) is 2.36. The molecule has 0 saturated carbocycles. The molecule has 16 heavy (non-hydrogen) atoms. The summed E-state index contributed by atoms with van der Waals surface area (Å²) < 4.78 is 4.96. The van der Waals surface area contributed by atoms with Crippen LogP contribution in [0.5, 0.6) is 5.75 Å². The molecule has 0 spiro atoms. The van der Waals surface area contributed by atoms with E-state index in [-0.39, 0.29) is 16.7 Å². The Morgan fingerprint density at radius 3 is 2.75 bits per heavy atom. The highest BCUT2D eigenvalue weighted by Crippen LogP contribution is 2.25. The zero-order valence-electron chi connectivity index (χ0n) is 9.47. The van der Waals surface area contributed by atoms with Gasteiger partial charge in [0.1, 0.15) is 5.75 Å². The number of ether oxygens (including phenoxy) is 1. The Labute approximate surface area is 94.4 Å². The van der Waals surface area contributed by atoms with Crippen LogP contribution in [0.25, 0.3) is 0 Å². The summed E-state index contributed by atoms with van der Waals surface area (Å²) in [6.45, 7) is 1.88. The van der Waals surface area contributed by atoms with Crippen molar-refractivity contribution in [1.82, 2.24) is 0 Å². The largest absolute Gasteiger partial charge is 0.497 e. The van der Waals surface area contributed by atoms with Crippen molar-refractivity contribution in [3.05, 3.63) is 33.9 Å². The smallest absolute Gasteiger partial charge is 0.276 e. The van der Waals surface area contributed by atoms with E-state index in [4.69, 9.17) is 10.5 Å². The van der Waals surface area contributed by atoms with Crippen LogP contribution in [0.1, 0.15) is 18.9 Å². The highest BCUT2D eigenvalue weighted by Gasteiger charge is 2.14. The summed E-state index contributed by atoms with van der Waals surface area (Å²) in [6, 6.07) is 4.93. The van der Waals surface area contributed by atoms with Crippen molar-refractivity contribution in [2.75, 3.05) is 7.11 Å². The van der Waals surface area contributed by atoms with Crippen LogP contribution in [0.15, 0.2) is 18.2 Å². The number of rotatable bonds is 5. The molecule has 0 heterocycles. The molecule has 2 N–H and O–H groups in total. The van der Waals surface area contributed by atoms with Gasteiger partial charge in [-0.05, 0) is 31.9 Å². The number of methoxy groups -OCH3 is 1. The topological polar surface area (TPSA) is 78.4 Å². The van der Waals surface area contributed by atoms with Crippen molar-refractivity contribution in [1.29, 1.82) is 0 Å². The Morgan fingerprint density at radius 1 is 1.56 bits per heavy atom. The fourth-order valence-electron chi connectivity index (χ4n) is 1.44. The average molecular weight is 224 g/mol. The first kappa shape index (κ1) is 12.4. The predicted molar refractivity (Wildman–Crippen MR) is 61.6 cm³/mol. The van der Waals surface area contributed by atoms with Crippen LogP contribution in [0.2, 0.25) is 0 Å². The Morgan fingerprint density at radius 2 is 2.25 bits per heavy atom. The van der Waals surface area contributed by atoms with Crippen molar-refractivity contribution in [2.24, 2.45) is 5.73 Å². The minimum Gasteiger partial charge on any atom is -0.497 e. The van der Waals surface area contributed by atoms with Gasteiger partial charge in [0.25, 0.3) is 5.69 Å². The Hall–Kier alpha value is -1.62. The minimum atomic E-state index is -0.390. The maximum atomic E-state index is 10.9. The molecule has 0 aromatic heterocycles. The zero-order chi connectivity index (χ0) is 12.1. The molecule has 0 amide bonds. The van der Waals surface area contributed by atoms with Crippen LogP contribution >= 0.6 is 0 Å². The van der Waals surface area contributed by atoms with Crippen LogP contribution in [0, 0.1) is 10.1 Å². The van der Waals surface area contributed by atoms with Crippen LogP contribution in [-0.2, 0) is 6.42 Å². The summed E-state index contributed by atoms with van der Waals surface area (Å²) in [5.41, 5.74) is 6.42. The summed E-state index contributed by atoms with van der Waals surface area (Å²) in [4.78, 5) is 10.5. The minimum absolute atomic E-state index is 0.0432. The Kier molecular flexibility index (Phi) is 4.25. The second kappa shape index (κ2) is 5.46. The van der Waals surface area contributed by atoms with Gasteiger partial charge in [-0.25, -0.2) is 0 Å². The lowest BCUT2D eigenvalue weighted by molar-refractivity contribution is -0.385. The van der Waals surface area contributed by atoms with Gasteiger partial charge in [0, 0.05) is 11.6 Å². The molecular weight excluding hydrogens is 208 g/mol. The van der Waals surface area contributed by atoms with E-state index in [2.05, 4.69) is 0 Å². The molecular formula is C11H16N2O3. The molecule has 5 heteroatoms. The summed E-state index contributed by atoms with van der Waals surface area (Å²) in [6.07, 6.45) is 1.34. The van der Waals surface area contributed by atoms with Gasteiger partial charge in [-0.15, -0.1) is 0 Å². The molecule has 0 bridgehead atoms. The number of hydrogen-bond donors (Lipinski definition) is 1. The van der Waals surface area contributed by atoms with Crippen molar-refractivity contribution >= 4 is 5.69 Å². The molecule has 0 aliphatic carbocycles. The van der Waals surface area contributed by atoms with Gasteiger partial charge in [-0.3, -0.25) is 10.1 Å². The Balaban J connectivity index is 2.94. The second-order valence-electron chi connectivity index (χ2n) is 3.77. The fourth-order valence-corrected chi connectivity index (χ4v) is 1.44. The summed E-state index contributed by atoms with van der Waals surface area (Å²) in [7, 11) is 1.49. The number of nitrogens with two attached hydrogens (primary N) is 1. The molecule has 88 valence electrons. The van der Waals surface area contributed by atoms with Gasteiger partial charge in [0.2, 0.25) is 0 Å². The number of aryl methyl sites for hydroxylation is 1. The maximum absolute atomic E-state index is 10.9. The van der Waals surface area contributed by atoms with E-state index in [1.165, 1.54) is 13.2 Å². The molecule has 0 unspecified atom stereocenters. The first-order chi connectivity index (χ1) is 7.54. The molecule has 0 aliphatic rings. The molecule has 0 radical (unpaired) electrons. The lowest BCUT2D eigenvalue weighted by Crippen LogP contribution is -2.15. The van der Waals surface area contributed by atoms with E-state index in [1.807, 2.05) is 6.92 Å². The van der Waals surface area contributed by atoms with E-state index < -0.39 is 0 Å². The zero-order valence-corrected chi connectivity index (χ0v) is 9.47. The lowest BCUT2D eigenvalue weighted by atomic mass is 10.0. The first-order valence-corrected chi connectivity index (χ1v) is 5.11. The highest BCUT2D eigenvalue weighted by atomic mass is 16.6. The van der Waals surface area contributed by atoms with E-state index in [9.17, 15) is 10.1 Å². The standard InChI is InChI=1S/C11H16N2O3/c1-8(12)3-4-9-5-6-10(16-2)7-11(9)13(14)15/h5-8H,3-4,12H2,1-2H3/t8-/m1/s1. The summed E-state index contributed by atoms with van der Waals surface area (Å²) in [5, 5.41) is 10.9. The molecule has 0 fully saturated rings. The number of benzene rings is 1. The van der Waals surface area contributed by atoms with Crippen molar-refractivity contribution in [3.8, 4) is 5.75 Å². The highest BCUT2D eigenvalue weighted by molar-refractivity contribution is 5.46. The SMILES string of the molecule is COc1ccc(CC[C@@H](C)N)c([N+](=O)[O-])c1. The molecule has 0 aliphatic heterocycles. The van der Waals surface area contributed by atoms with Gasteiger partial charge in [-0.1, -0.05) is 0 Å². The summed E-state index contributed by atoms with van der Waals surface area (Å²) >= 11 is 0. The molecule has 0 saturated heterocycles. The quantitative estimate of drug-likeness (QED) is 0.611. The third kappa shape index (κ3) is 3.20. The predicted octanol–water partition coefficient (Wildman–Crippen LogP) is 1.88. The van der Waals surface area contributed by atoms with Crippen LogP contribution in [0.4, 0.5) is 5.69 Å². The van der Waals surface area contributed by atoms with E-state index >= 15 is 0 Å². The number of nitro groups is 1. The monoisotopic (exact) mass is 224 g/mol. The van der Waals surface area contributed by atoms with Gasteiger partial charge in [0.15, 0.2) is 0 Å². The van der Waals surface area contributed by atoms with Crippen LogP contribution < -0.4 is 10.5 Å². The van der Waals surface area contributed by atoms with Crippen LogP contribution in [0.3, 0.4) is 0 Å². The molecule has 1 rings (SSSR count). The lowest BCUT2D eigenvalue weighted by Gasteiger charge is -2.07. The molecule has 1 aromatic carbocycles. The van der Waals surface area contributed by atoms with E-state index in [0.29, 0.717) is 17.7 Å². The fraction of sp³-hybridized carbons (Fsp3) is 0.455. The van der Waals surface area contributed by atoms with Crippen molar-refractivity contribution in [3.63, 3.8) is 0 Å². The van der Waals surface area contributed by atoms with E-state index in [0.717, 1.165) is 6.42 Å². The first-order valence-electron chi connectivity index (χ1n) is 5.11. The second-order valence-corrected chi connectivity index (χ2v) is 3.77. The normalized spacial score (nSPS) is 12.2. The summed E-state index contributed by atoms with van der Waals surface area (Å²) in [5.74, 6) is 0.497. The third-order valence-corrected chi connectivity index (χ3v) is 2.36. The van der Waals surface area contributed by atoms with Gasteiger partial charge in [-0.2, -0.15) is 0 Å². The van der Waals surface area contributed by atoms with E-state index in [1.54, 1.807) is 12.1 Å².